The minimum absolute atomic E-state index is 0.0654. The van der Waals surface area contributed by atoms with Crippen molar-refractivity contribution in [3.8, 4) is 16.7 Å². The van der Waals surface area contributed by atoms with Crippen molar-refractivity contribution in [3.63, 3.8) is 0 Å². The molecule has 3 aromatic rings. The summed E-state index contributed by atoms with van der Waals surface area (Å²) < 4.78 is 25.9. The highest BCUT2D eigenvalue weighted by Crippen LogP contribution is 2.36. The molecule has 2 fully saturated rings. The number of halogens is 1. The number of carbonyl (C=O) groups is 1. The maximum Gasteiger partial charge on any atom is 0.279 e. The number of thiazole rings is 1. The smallest absolute Gasteiger partial charge is 0.279 e. The molecule has 0 radical (unpaired) electrons. The van der Waals surface area contributed by atoms with Gasteiger partial charge in [0.1, 0.15) is 23.9 Å². The molecule has 1 amide bonds. The van der Waals surface area contributed by atoms with Gasteiger partial charge in [-0.25, -0.2) is 9.37 Å². The molecule has 0 aliphatic carbocycles. The van der Waals surface area contributed by atoms with Crippen LogP contribution in [-0.2, 0) is 4.79 Å². The number of amides is 1. The lowest BCUT2D eigenvalue weighted by atomic mass is 9.97. The Balaban J connectivity index is 1.12. The number of aromatic nitrogens is 1. The number of hydrogen-bond donors (Lipinski definition) is 1. The van der Waals surface area contributed by atoms with Crippen molar-refractivity contribution in [1.82, 2.24) is 15.2 Å². The Morgan fingerprint density at radius 1 is 1.16 bits per heavy atom. The lowest BCUT2D eigenvalue weighted by Gasteiger charge is -2.39. The van der Waals surface area contributed by atoms with Gasteiger partial charge in [0, 0.05) is 31.6 Å². The van der Waals surface area contributed by atoms with Crippen molar-refractivity contribution in [1.29, 1.82) is 0 Å². The number of nitrogens with zero attached hydrogens (tertiary/aromatic N) is 2. The fraction of sp³-hybridized carbons (Fsp3) is 0.417. The summed E-state index contributed by atoms with van der Waals surface area (Å²) in [6, 6.07) is 13.4. The van der Waals surface area contributed by atoms with Gasteiger partial charge < -0.3 is 14.8 Å². The molecule has 168 valence electrons. The Bertz CT molecular complexity index is 1090. The van der Waals surface area contributed by atoms with Crippen LogP contribution in [0.1, 0.15) is 32.6 Å². The predicted molar refractivity (Wildman–Crippen MR) is 122 cm³/mol. The number of carbonyl (C=O) groups excluding carboxylic acids is 1. The molecule has 2 saturated heterocycles. The highest BCUT2D eigenvalue weighted by Gasteiger charge is 2.40. The zero-order valence-electron chi connectivity index (χ0n) is 17.9. The highest BCUT2D eigenvalue weighted by atomic mass is 32.1. The second kappa shape index (κ2) is 9.03. The summed E-state index contributed by atoms with van der Waals surface area (Å²) in [5, 5.41) is 3.57. The number of benzene rings is 2. The SMILES string of the molecule is CC(=O)NC1CC2CC[C@@H](C1)N2CCOc1ccc(Oc2nc3ccc(F)cc3s2)cc1. The Morgan fingerprint density at radius 2 is 1.88 bits per heavy atom. The molecule has 3 heterocycles. The van der Waals surface area contributed by atoms with E-state index in [2.05, 4.69) is 15.2 Å². The molecule has 2 aliphatic heterocycles. The first-order valence-electron chi connectivity index (χ1n) is 11.0. The summed E-state index contributed by atoms with van der Waals surface area (Å²) in [5.41, 5.74) is 0.724. The molecule has 32 heavy (non-hydrogen) atoms. The molecule has 1 aromatic heterocycles. The summed E-state index contributed by atoms with van der Waals surface area (Å²) in [6.45, 7) is 3.11. The van der Waals surface area contributed by atoms with Crippen LogP contribution in [0.2, 0.25) is 0 Å². The van der Waals surface area contributed by atoms with Crippen LogP contribution in [0.25, 0.3) is 10.2 Å². The monoisotopic (exact) mass is 455 g/mol. The van der Waals surface area contributed by atoms with Crippen molar-refractivity contribution in [2.24, 2.45) is 0 Å². The normalized spacial score (nSPS) is 22.8. The quantitative estimate of drug-likeness (QED) is 0.558. The second-order valence-corrected chi connectivity index (χ2v) is 9.50. The van der Waals surface area contributed by atoms with Crippen molar-refractivity contribution >= 4 is 27.5 Å². The Hall–Kier alpha value is -2.71. The first kappa shape index (κ1) is 21.2. The van der Waals surface area contributed by atoms with Crippen LogP contribution in [0.4, 0.5) is 4.39 Å². The Morgan fingerprint density at radius 3 is 2.59 bits per heavy atom. The third kappa shape index (κ3) is 4.71. The van der Waals surface area contributed by atoms with Crippen LogP contribution < -0.4 is 14.8 Å². The third-order valence-corrected chi connectivity index (χ3v) is 7.17. The number of fused-ring (bicyclic) bond motifs is 3. The molecule has 2 aliphatic rings. The summed E-state index contributed by atoms with van der Waals surface area (Å²) in [7, 11) is 0. The molecule has 2 bridgehead atoms. The maximum absolute atomic E-state index is 13.4. The minimum atomic E-state index is -0.278. The molecule has 2 unspecified atom stereocenters. The second-order valence-electron chi connectivity index (χ2n) is 8.51. The molecular weight excluding hydrogens is 429 g/mol. The van der Waals surface area contributed by atoms with Crippen LogP contribution >= 0.6 is 11.3 Å². The summed E-state index contributed by atoms with van der Waals surface area (Å²) >= 11 is 1.32. The van der Waals surface area contributed by atoms with Gasteiger partial charge in [0.25, 0.3) is 5.19 Å². The van der Waals surface area contributed by atoms with Crippen molar-refractivity contribution in [3.05, 3.63) is 48.3 Å². The van der Waals surface area contributed by atoms with Gasteiger partial charge in [-0.05, 0) is 68.1 Å². The van der Waals surface area contributed by atoms with E-state index in [0.717, 1.165) is 35.4 Å². The molecule has 8 heteroatoms. The van der Waals surface area contributed by atoms with Crippen molar-refractivity contribution in [2.75, 3.05) is 13.2 Å². The summed E-state index contributed by atoms with van der Waals surface area (Å²) in [6.07, 6.45) is 4.46. The van der Waals surface area contributed by atoms with E-state index in [1.54, 1.807) is 13.0 Å². The number of piperidine rings is 1. The Labute approximate surface area is 190 Å². The maximum atomic E-state index is 13.4. The average Bonchev–Trinajstić information content (AvgIpc) is 3.25. The third-order valence-electron chi connectivity index (χ3n) is 6.27. The largest absolute Gasteiger partial charge is 0.492 e. The van der Waals surface area contributed by atoms with Gasteiger partial charge in [-0.3, -0.25) is 9.69 Å². The van der Waals surface area contributed by atoms with Gasteiger partial charge in [0.2, 0.25) is 5.91 Å². The van der Waals surface area contributed by atoms with Crippen LogP contribution in [0.15, 0.2) is 42.5 Å². The molecule has 3 atom stereocenters. The van der Waals surface area contributed by atoms with Crippen LogP contribution in [0.5, 0.6) is 16.7 Å². The lowest BCUT2D eigenvalue weighted by Crippen LogP contribution is -2.51. The van der Waals surface area contributed by atoms with Gasteiger partial charge in [-0.2, -0.15) is 0 Å². The molecule has 5 rings (SSSR count). The zero-order chi connectivity index (χ0) is 22.1. The van der Waals surface area contributed by atoms with Crippen LogP contribution in [-0.4, -0.2) is 47.1 Å². The van der Waals surface area contributed by atoms with E-state index in [9.17, 15) is 9.18 Å². The van der Waals surface area contributed by atoms with Crippen LogP contribution in [0, 0.1) is 5.82 Å². The van der Waals surface area contributed by atoms with Gasteiger partial charge in [0.15, 0.2) is 0 Å². The summed E-state index contributed by atoms with van der Waals surface area (Å²) in [5.74, 6) is 1.24. The van der Waals surface area contributed by atoms with E-state index >= 15 is 0 Å². The molecule has 0 saturated carbocycles. The number of hydrogen-bond acceptors (Lipinski definition) is 6. The van der Waals surface area contributed by atoms with Gasteiger partial charge >= 0.3 is 0 Å². The molecule has 6 nitrogen and oxygen atoms in total. The predicted octanol–water partition coefficient (Wildman–Crippen LogP) is 4.74. The molecule has 2 aromatic carbocycles. The number of rotatable bonds is 7. The fourth-order valence-electron chi connectivity index (χ4n) is 4.94. The van der Waals surface area contributed by atoms with Crippen molar-refractivity contribution < 1.29 is 18.7 Å². The molecular formula is C24H26FN3O3S. The topological polar surface area (TPSA) is 63.7 Å². The van der Waals surface area contributed by atoms with E-state index in [1.165, 1.54) is 36.3 Å². The average molecular weight is 456 g/mol. The van der Waals surface area contributed by atoms with Gasteiger partial charge in [-0.15, -0.1) is 0 Å². The van der Waals surface area contributed by atoms with Crippen LogP contribution in [0.3, 0.4) is 0 Å². The van der Waals surface area contributed by atoms with E-state index in [-0.39, 0.29) is 11.7 Å². The number of nitrogens with one attached hydrogen (secondary N) is 1. The van der Waals surface area contributed by atoms with E-state index in [1.807, 2.05) is 24.3 Å². The first-order chi connectivity index (χ1) is 15.5. The zero-order valence-corrected chi connectivity index (χ0v) is 18.7. The molecule has 1 N–H and O–H groups in total. The standard InChI is InChI=1S/C24H26FN3O3S/c1-15(29)26-17-13-18-3-4-19(14-17)28(18)10-11-30-20-5-7-21(8-6-20)31-24-27-22-9-2-16(25)12-23(22)32-24/h2,5-9,12,17-19H,3-4,10-11,13-14H2,1H3,(H,26,29)/t17?,18-,19?/m0/s1. The van der Waals surface area contributed by atoms with Gasteiger partial charge in [0.05, 0.1) is 10.2 Å². The first-order valence-corrected chi connectivity index (χ1v) is 11.8. The summed E-state index contributed by atoms with van der Waals surface area (Å²) in [4.78, 5) is 18.3. The lowest BCUT2D eigenvalue weighted by molar-refractivity contribution is -0.120. The van der Waals surface area contributed by atoms with Gasteiger partial charge in [-0.1, -0.05) is 11.3 Å². The number of ether oxygens (including phenoxy) is 2. The fourth-order valence-corrected chi connectivity index (χ4v) is 5.80. The molecule has 0 spiro atoms. The minimum Gasteiger partial charge on any atom is -0.492 e. The van der Waals surface area contributed by atoms with Crippen molar-refractivity contribution in [2.45, 2.75) is 50.7 Å². The van der Waals surface area contributed by atoms with E-state index in [4.69, 9.17) is 9.47 Å². The highest BCUT2D eigenvalue weighted by molar-refractivity contribution is 7.20. The van der Waals surface area contributed by atoms with E-state index in [0.29, 0.717) is 35.7 Å². The van der Waals surface area contributed by atoms with E-state index < -0.39 is 0 Å². The Kier molecular flexibility index (Phi) is 5.97.